The Bertz CT molecular complexity index is 903. The fraction of sp³-hybridized carbons (Fsp3) is 0.429. The fourth-order valence-corrected chi connectivity index (χ4v) is 3.69. The zero-order chi connectivity index (χ0) is 22.1. The molecule has 0 saturated carbocycles. The molecule has 1 atom stereocenters. The van der Waals surface area contributed by atoms with Crippen molar-refractivity contribution >= 4 is 35.1 Å². The van der Waals surface area contributed by atoms with Crippen LogP contribution in [0.1, 0.15) is 44.7 Å². The van der Waals surface area contributed by atoms with Crippen LogP contribution in [-0.4, -0.2) is 28.6 Å². The number of phenols is 1. The van der Waals surface area contributed by atoms with E-state index in [1.807, 2.05) is 13.8 Å². The Labute approximate surface area is 180 Å². The molecular weight excluding hydrogens is 417 g/mol. The lowest BCUT2D eigenvalue weighted by molar-refractivity contribution is -0.138. The number of ether oxygens (including phenoxy) is 1. The Morgan fingerprint density at radius 3 is 2.45 bits per heavy atom. The SMILES string of the molecule is Cc1cc(OC2=C(Cl)C(C)(C)C(C(=O)NCC(=O)O)C=C2Cl)cc(C(C)C)c1O. The molecule has 1 aromatic rings. The van der Waals surface area contributed by atoms with Gasteiger partial charge in [0.1, 0.15) is 18.0 Å². The summed E-state index contributed by atoms with van der Waals surface area (Å²) in [5.74, 6) is -1.41. The highest BCUT2D eigenvalue weighted by atomic mass is 35.5. The smallest absolute Gasteiger partial charge is 0.322 e. The van der Waals surface area contributed by atoms with Gasteiger partial charge in [-0.15, -0.1) is 0 Å². The van der Waals surface area contributed by atoms with Crippen LogP contribution in [0.3, 0.4) is 0 Å². The number of aryl methyl sites for hydroxylation is 1. The van der Waals surface area contributed by atoms with Gasteiger partial charge in [0, 0.05) is 11.0 Å². The maximum absolute atomic E-state index is 12.4. The second-order valence-corrected chi connectivity index (χ2v) is 8.69. The normalized spacial score (nSPS) is 18.5. The van der Waals surface area contributed by atoms with Gasteiger partial charge in [-0.1, -0.05) is 50.9 Å². The van der Waals surface area contributed by atoms with Crippen molar-refractivity contribution in [1.82, 2.24) is 5.32 Å². The molecule has 6 nitrogen and oxygen atoms in total. The summed E-state index contributed by atoms with van der Waals surface area (Å²) in [6.45, 7) is 8.71. The van der Waals surface area contributed by atoms with Crippen molar-refractivity contribution in [2.75, 3.05) is 6.54 Å². The molecule has 0 saturated heterocycles. The predicted molar refractivity (Wildman–Crippen MR) is 112 cm³/mol. The molecule has 29 heavy (non-hydrogen) atoms. The highest BCUT2D eigenvalue weighted by Gasteiger charge is 2.42. The van der Waals surface area contributed by atoms with E-state index in [-0.39, 0.29) is 27.5 Å². The van der Waals surface area contributed by atoms with E-state index in [0.29, 0.717) is 11.3 Å². The number of amides is 1. The second-order valence-electron chi connectivity index (χ2n) is 7.90. The van der Waals surface area contributed by atoms with E-state index in [4.69, 9.17) is 33.0 Å². The topological polar surface area (TPSA) is 95.9 Å². The van der Waals surface area contributed by atoms with E-state index in [1.54, 1.807) is 32.9 Å². The molecule has 1 aliphatic rings. The van der Waals surface area contributed by atoms with Gasteiger partial charge in [0.25, 0.3) is 0 Å². The Balaban J connectivity index is 2.38. The lowest BCUT2D eigenvalue weighted by Crippen LogP contribution is -2.42. The third-order valence-corrected chi connectivity index (χ3v) is 5.87. The quantitative estimate of drug-likeness (QED) is 0.597. The monoisotopic (exact) mass is 441 g/mol. The van der Waals surface area contributed by atoms with Crippen molar-refractivity contribution in [1.29, 1.82) is 0 Å². The Morgan fingerprint density at radius 2 is 1.90 bits per heavy atom. The van der Waals surface area contributed by atoms with Gasteiger partial charge >= 0.3 is 5.97 Å². The molecule has 0 aliphatic heterocycles. The summed E-state index contributed by atoms with van der Waals surface area (Å²) in [6.07, 6.45) is 1.51. The van der Waals surface area contributed by atoms with Crippen LogP contribution in [0.15, 0.2) is 34.0 Å². The van der Waals surface area contributed by atoms with Gasteiger partial charge in [-0.2, -0.15) is 0 Å². The number of phenolic OH excluding ortho intramolecular Hbond substituents is 1. The van der Waals surface area contributed by atoms with Gasteiger partial charge in [-0.25, -0.2) is 0 Å². The Morgan fingerprint density at radius 1 is 1.28 bits per heavy atom. The molecule has 1 aliphatic carbocycles. The first-order valence-corrected chi connectivity index (χ1v) is 9.90. The van der Waals surface area contributed by atoms with Crippen LogP contribution < -0.4 is 10.1 Å². The van der Waals surface area contributed by atoms with E-state index in [0.717, 1.165) is 5.56 Å². The number of carboxylic acid groups (broad SMARTS) is 1. The lowest BCUT2D eigenvalue weighted by Gasteiger charge is -2.35. The molecule has 0 radical (unpaired) electrons. The number of benzene rings is 1. The average Bonchev–Trinajstić information content (AvgIpc) is 2.62. The van der Waals surface area contributed by atoms with Crippen LogP contribution in [0, 0.1) is 18.3 Å². The first-order valence-electron chi connectivity index (χ1n) is 9.15. The summed E-state index contributed by atoms with van der Waals surface area (Å²) in [7, 11) is 0. The van der Waals surface area contributed by atoms with Gasteiger partial charge in [0.05, 0.1) is 16.0 Å². The van der Waals surface area contributed by atoms with E-state index in [9.17, 15) is 14.7 Å². The van der Waals surface area contributed by atoms with Crippen molar-refractivity contribution in [2.24, 2.45) is 11.3 Å². The van der Waals surface area contributed by atoms with Crippen LogP contribution in [0.5, 0.6) is 11.5 Å². The standard InChI is InChI=1S/C21H25Cl2NO5/c1-10(2)13-7-12(6-11(3)17(13)27)29-18-15(22)8-14(21(4,5)19(18)23)20(28)24-9-16(25)26/h6-8,10,14,27H,9H2,1-5H3,(H,24,28)(H,25,26). The first-order chi connectivity index (χ1) is 13.4. The zero-order valence-corrected chi connectivity index (χ0v) is 18.5. The molecule has 1 aromatic carbocycles. The number of carbonyl (C=O) groups excluding carboxylic acids is 1. The molecular formula is C21H25Cl2NO5. The summed E-state index contributed by atoms with van der Waals surface area (Å²) in [5, 5.41) is 21.8. The molecule has 0 bridgehead atoms. The molecule has 2 rings (SSSR count). The number of hydrogen-bond acceptors (Lipinski definition) is 4. The predicted octanol–water partition coefficient (Wildman–Crippen LogP) is 4.63. The Hall–Kier alpha value is -2.18. The van der Waals surface area contributed by atoms with E-state index >= 15 is 0 Å². The number of allylic oxidation sites excluding steroid dienone is 2. The van der Waals surface area contributed by atoms with Crippen molar-refractivity contribution < 1.29 is 24.5 Å². The maximum atomic E-state index is 12.4. The number of aliphatic carboxylic acids is 1. The van der Waals surface area contributed by atoms with Gasteiger partial charge < -0.3 is 20.3 Å². The lowest BCUT2D eigenvalue weighted by atomic mass is 9.74. The van der Waals surface area contributed by atoms with Crippen LogP contribution in [0.25, 0.3) is 0 Å². The van der Waals surface area contributed by atoms with E-state index < -0.39 is 29.8 Å². The zero-order valence-electron chi connectivity index (χ0n) is 17.0. The van der Waals surface area contributed by atoms with E-state index in [1.165, 1.54) is 6.08 Å². The minimum absolute atomic E-state index is 0.0813. The number of aromatic hydroxyl groups is 1. The number of rotatable bonds is 6. The van der Waals surface area contributed by atoms with Gasteiger partial charge in [0.15, 0.2) is 5.76 Å². The largest absolute Gasteiger partial charge is 0.507 e. The summed E-state index contributed by atoms with van der Waals surface area (Å²) >= 11 is 13.0. The fourth-order valence-electron chi connectivity index (χ4n) is 3.12. The first kappa shape index (κ1) is 23.1. The molecule has 0 fully saturated rings. The molecule has 1 unspecified atom stereocenters. The van der Waals surface area contributed by atoms with Gasteiger partial charge in [-0.05, 0) is 36.6 Å². The second kappa shape index (κ2) is 8.67. The summed E-state index contributed by atoms with van der Waals surface area (Å²) in [6, 6.07) is 3.41. The molecule has 3 N–H and O–H groups in total. The van der Waals surface area contributed by atoms with Crippen molar-refractivity contribution in [2.45, 2.75) is 40.5 Å². The van der Waals surface area contributed by atoms with Crippen LogP contribution in [-0.2, 0) is 9.59 Å². The van der Waals surface area contributed by atoms with Crippen molar-refractivity contribution in [3.05, 3.63) is 45.2 Å². The number of carboxylic acids is 1. The van der Waals surface area contributed by atoms with Crippen molar-refractivity contribution in [3.63, 3.8) is 0 Å². The number of hydrogen-bond donors (Lipinski definition) is 3. The van der Waals surface area contributed by atoms with Gasteiger partial charge in [0.2, 0.25) is 5.91 Å². The van der Waals surface area contributed by atoms with Crippen LogP contribution in [0.2, 0.25) is 0 Å². The number of carbonyl (C=O) groups is 2. The summed E-state index contributed by atoms with van der Waals surface area (Å²) in [5.41, 5.74) is 0.520. The summed E-state index contributed by atoms with van der Waals surface area (Å²) < 4.78 is 5.98. The van der Waals surface area contributed by atoms with Crippen LogP contribution >= 0.6 is 23.2 Å². The number of halogens is 2. The van der Waals surface area contributed by atoms with Crippen LogP contribution in [0.4, 0.5) is 0 Å². The third kappa shape index (κ3) is 4.87. The molecule has 0 spiro atoms. The minimum Gasteiger partial charge on any atom is -0.507 e. The van der Waals surface area contributed by atoms with Crippen molar-refractivity contribution in [3.8, 4) is 11.5 Å². The maximum Gasteiger partial charge on any atom is 0.322 e. The molecule has 8 heteroatoms. The third-order valence-electron chi connectivity index (χ3n) is 4.91. The Kier molecular flexibility index (Phi) is 6.91. The highest BCUT2D eigenvalue weighted by molar-refractivity contribution is 6.36. The molecule has 158 valence electrons. The highest BCUT2D eigenvalue weighted by Crippen LogP contribution is 2.47. The molecule has 0 heterocycles. The van der Waals surface area contributed by atoms with Gasteiger partial charge in [-0.3, -0.25) is 9.59 Å². The average molecular weight is 442 g/mol. The summed E-state index contributed by atoms with van der Waals surface area (Å²) in [4.78, 5) is 23.2. The number of nitrogens with one attached hydrogen (secondary N) is 1. The molecule has 0 aromatic heterocycles. The minimum atomic E-state index is -1.14. The molecule has 1 amide bonds. The van der Waals surface area contributed by atoms with E-state index in [2.05, 4.69) is 5.32 Å².